The van der Waals surface area contributed by atoms with E-state index in [0.29, 0.717) is 6.54 Å². The first-order chi connectivity index (χ1) is 11.5. The fourth-order valence-corrected chi connectivity index (χ4v) is 2.96. The van der Waals surface area contributed by atoms with Crippen LogP contribution >= 0.6 is 11.3 Å². The fraction of sp³-hybridized carbons (Fsp3) is 0.353. The van der Waals surface area contributed by atoms with Crippen molar-refractivity contribution in [1.29, 1.82) is 0 Å². The smallest absolute Gasteiger partial charge is 0.222 e. The molecule has 0 saturated carbocycles. The van der Waals surface area contributed by atoms with E-state index >= 15 is 0 Å². The first-order valence-corrected chi connectivity index (χ1v) is 8.44. The normalized spacial score (nSPS) is 11.6. The van der Waals surface area contributed by atoms with E-state index in [1.807, 2.05) is 24.4 Å². The van der Waals surface area contributed by atoms with Gasteiger partial charge in [0.05, 0.1) is 26.1 Å². The molecule has 6 nitrogen and oxygen atoms in total. The lowest BCUT2D eigenvalue weighted by Gasteiger charge is -2.18. The van der Waals surface area contributed by atoms with Crippen molar-refractivity contribution in [3.8, 4) is 5.75 Å². The molecular weight excluding hydrogens is 326 g/mol. The number of amides is 2. The van der Waals surface area contributed by atoms with E-state index in [1.165, 1.54) is 18.3 Å². The number of nitrogens with zero attached hydrogens (tertiary/aromatic N) is 1. The summed E-state index contributed by atoms with van der Waals surface area (Å²) in [7, 11) is 1.59. The van der Waals surface area contributed by atoms with Gasteiger partial charge in [-0.3, -0.25) is 9.59 Å². The Hall–Kier alpha value is -2.41. The van der Waals surface area contributed by atoms with Crippen molar-refractivity contribution in [2.75, 3.05) is 7.11 Å². The van der Waals surface area contributed by atoms with E-state index in [4.69, 9.17) is 4.74 Å². The third-order valence-electron chi connectivity index (χ3n) is 3.39. The molecule has 0 spiro atoms. The molecule has 2 N–H and O–H groups in total. The number of carbonyl (C=O) groups is 2. The summed E-state index contributed by atoms with van der Waals surface area (Å²) >= 11 is 1.51. The summed E-state index contributed by atoms with van der Waals surface area (Å²) < 4.78 is 5.13. The van der Waals surface area contributed by atoms with Crippen LogP contribution in [0.2, 0.25) is 0 Å². The van der Waals surface area contributed by atoms with Gasteiger partial charge in [0.25, 0.3) is 0 Å². The van der Waals surface area contributed by atoms with Crippen LogP contribution in [0.1, 0.15) is 35.7 Å². The van der Waals surface area contributed by atoms with Gasteiger partial charge in [-0.05, 0) is 24.6 Å². The quantitative estimate of drug-likeness (QED) is 0.806. The molecule has 0 aliphatic carbocycles. The molecule has 1 aromatic carbocycles. The minimum Gasteiger partial charge on any atom is -0.497 e. The summed E-state index contributed by atoms with van der Waals surface area (Å²) in [5, 5.41) is 8.46. The van der Waals surface area contributed by atoms with Gasteiger partial charge in [-0.25, -0.2) is 4.98 Å². The van der Waals surface area contributed by atoms with E-state index in [2.05, 4.69) is 15.6 Å². The van der Waals surface area contributed by atoms with E-state index < -0.39 is 0 Å². The molecule has 2 aromatic rings. The maximum atomic E-state index is 12.2. The lowest BCUT2D eigenvalue weighted by Crippen LogP contribution is -2.32. The minimum absolute atomic E-state index is 0.141. The van der Waals surface area contributed by atoms with Crippen LogP contribution in [0, 0.1) is 6.92 Å². The van der Waals surface area contributed by atoms with Crippen molar-refractivity contribution < 1.29 is 14.3 Å². The Morgan fingerprint density at radius 2 is 2.00 bits per heavy atom. The Labute approximate surface area is 145 Å². The number of hydrogen-bond donors (Lipinski definition) is 2. The maximum absolute atomic E-state index is 12.2. The Morgan fingerprint density at radius 1 is 1.29 bits per heavy atom. The number of hydrogen-bond acceptors (Lipinski definition) is 5. The maximum Gasteiger partial charge on any atom is 0.222 e. The van der Waals surface area contributed by atoms with Crippen LogP contribution in [0.4, 0.5) is 0 Å². The van der Waals surface area contributed by atoms with Crippen LogP contribution in [0.15, 0.2) is 29.6 Å². The molecule has 24 heavy (non-hydrogen) atoms. The largest absolute Gasteiger partial charge is 0.497 e. The molecule has 0 radical (unpaired) electrons. The number of ether oxygens (including phenoxy) is 1. The van der Waals surface area contributed by atoms with Gasteiger partial charge in [-0.15, -0.1) is 11.3 Å². The lowest BCUT2D eigenvalue weighted by molar-refractivity contribution is -0.122. The molecule has 7 heteroatoms. The Morgan fingerprint density at radius 3 is 2.54 bits per heavy atom. The van der Waals surface area contributed by atoms with Gasteiger partial charge in [0.15, 0.2) is 0 Å². The summed E-state index contributed by atoms with van der Waals surface area (Å²) in [5.41, 5.74) is 1.80. The number of carbonyl (C=O) groups excluding carboxylic acids is 2. The predicted molar refractivity (Wildman–Crippen MR) is 92.9 cm³/mol. The first-order valence-electron chi connectivity index (χ1n) is 7.56. The zero-order chi connectivity index (χ0) is 17.5. The number of thiazole rings is 1. The van der Waals surface area contributed by atoms with Crippen molar-refractivity contribution >= 4 is 23.2 Å². The fourth-order valence-electron chi connectivity index (χ4n) is 2.25. The highest BCUT2D eigenvalue weighted by atomic mass is 32.1. The van der Waals surface area contributed by atoms with Crippen LogP contribution in [0.25, 0.3) is 0 Å². The van der Waals surface area contributed by atoms with Crippen molar-refractivity contribution in [2.45, 2.75) is 32.9 Å². The molecule has 0 aliphatic heterocycles. The Kier molecular flexibility index (Phi) is 6.31. The van der Waals surface area contributed by atoms with E-state index in [-0.39, 0.29) is 24.3 Å². The van der Waals surface area contributed by atoms with Crippen LogP contribution < -0.4 is 15.4 Å². The monoisotopic (exact) mass is 347 g/mol. The van der Waals surface area contributed by atoms with Crippen molar-refractivity contribution in [3.05, 3.63) is 45.9 Å². The average Bonchev–Trinajstić information content (AvgIpc) is 2.97. The van der Waals surface area contributed by atoms with E-state index in [1.54, 1.807) is 19.2 Å². The molecule has 2 rings (SSSR count). The van der Waals surface area contributed by atoms with Crippen molar-refractivity contribution in [2.24, 2.45) is 0 Å². The molecule has 0 saturated heterocycles. The molecule has 128 valence electrons. The van der Waals surface area contributed by atoms with E-state index in [0.717, 1.165) is 22.0 Å². The van der Waals surface area contributed by atoms with Gasteiger partial charge < -0.3 is 15.4 Å². The molecule has 0 aliphatic rings. The van der Waals surface area contributed by atoms with Gasteiger partial charge in [-0.2, -0.15) is 0 Å². The predicted octanol–water partition coefficient (Wildman–Crippen LogP) is 2.34. The summed E-state index contributed by atoms with van der Waals surface area (Å²) in [6.45, 7) is 3.75. The van der Waals surface area contributed by atoms with Crippen LogP contribution in [0.5, 0.6) is 5.75 Å². The number of nitrogens with one attached hydrogen (secondary N) is 2. The number of aromatic nitrogens is 1. The Balaban J connectivity index is 1.98. The van der Waals surface area contributed by atoms with Gasteiger partial charge in [0.1, 0.15) is 10.8 Å². The van der Waals surface area contributed by atoms with E-state index in [9.17, 15) is 9.59 Å². The summed E-state index contributed by atoms with van der Waals surface area (Å²) in [4.78, 5) is 27.9. The van der Waals surface area contributed by atoms with Crippen LogP contribution in [-0.2, 0) is 16.1 Å². The van der Waals surface area contributed by atoms with Crippen LogP contribution in [0.3, 0.4) is 0 Å². The highest BCUT2D eigenvalue weighted by molar-refractivity contribution is 7.09. The molecule has 2 amide bonds. The van der Waals surface area contributed by atoms with Crippen molar-refractivity contribution in [3.63, 3.8) is 0 Å². The highest BCUT2D eigenvalue weighted by Crippen LogP contribution is 2.20. The van der Waals surface area contributed by atoms with Gasteiger partial charge >= 0.3 is 0 Å². The number of methoxy groups -OCH3 is 1. The number of benzene rings is 1. The topological polar surface area (TPSA) is 80.3 Å². The Bertz CT molecular complexity index is 697. The minimum atomic E-state index is -0.383. The average molecular weight is 347 g/mol. The summed E-state index contributed by atoms with van der Waals surface area (Å²) in [6.07, 6.45) is 0.163. The SMILES string of the molecule is COc1ccc([C@@H](CC(=O)NCc2nc(C)cs2)NC(C)=O)cc1. The third kappa shape index (κ3) is 5.34. The van der Waals surface area contributed by atoms with Crippen molar-refractivity contribution in [1.82, 2.24) is 15.6 Å². The lowest BCUT2D eigenvalue weighted by atomic mass is 10.0. The second kappa shape index (κ2) is 8.44. The molecule has 1 aromatic heterocycles. The zero-order valence-corrected chi connectivity index (χ0v) is 14.8. The number of rotatable bonds is 7. The second-order valence-electron chi connectivity index (χ2n) is 5.39. The summed E-state index contributed by atoms with van der Waals surface area (Å²) in [5.74, 6) is 0.403. The highest BCUT2D eigenvalue weighted by Gasteiger charge is 2.17. The second-order valence-corrected chi connectivity index (χ2v) is 6.33. The number of aryl methyl sites for hydroxylation is 1. The molecule has 1 atom stereocenters. The molecule has 0 unspecified atom stereocenters. The first kappa shape index (κ1) is 17.9. The third-order valence-corrected chi connectivity index (χ3v) is 4.36. The van der Waals surface area contributed by atoms with Gasteiger partial charge in [0, 0.05) is 18.0 Å². The molecule has 1 heterocycles. The van der Waals surface area contributed by atoms with Crippen LogP contribution in [-0.4, -0.2) is 23.9 Å². The molecule has 0 fully saturated rings. The van der Waals surface area contributed by atoms with Gasteiger partial charge in [-0.1, -0.05) is 12.1 Å². The molecule has 0 bridgehead atoms. The zero-order valence-electron chi connectivity index (χ0n) is 14.0. The summed E-state index contributed by atoms with van der Waals surface area (Å²) in [6, 6.07) is 6.92. The standard InChI is InChI=1S/C17H21N3O3S/c1-11-10-24-17(19-11)9-18-16(22)8-15(20-12(2)21)13-4-6-14(23-3)7-5-13/h4-7,10,15H,8-9H2,1-3H3,(H,18,22)(H,20,21)/t15-/m1/s1. The molecular formula is C17H21N3O3S. The van der Waals surface area contributed by atoms with Gasteiger partial charge in [0.2, 0.25) is 11.8 Å².